The van der Waals surface area contributed by atoms with E-state index in [0.717, 1.165) is 11.4 Å². The van der Waals surface area contributed by atoms with E-state index >= 15 is 0 Å². The summed E-state index contributed by atoms with van der Waals surface area (Å²) in [7, 11) is 0. The maximum atomic E-state index is 12.0. The minimum atomic E-state index is -0.188. The molecule has 0 radical (unpaired) electrons. The van der Waals surface area contributed by atoms with Crippen LogP contribution in [0.1, 0.15) is 11.4 Å². The minimum absolute atomic E-state index is 0.188. The molecule has 0 saturated carbocycles. The van der Waals surface area contributed by atoms with Crippen molar-refractivity contribution in [2.45, 2.75) is 20.4 Å². The zero-order valence-electron chi connectivity index (χ0n) is 10.9. The summed E-state index contributed by atoms with van der Waals surface area (Å²) in [5, 5.41) is 4.10. The van der Waals surface area contributed by atoms with Gasteiger partial charge in [-0.1, -0.05) is 6.08 Å². The zero-order chi connectivity index (χ0) is 14.0. The summed E-state index contributed by atoms with van der Waals surface area (Å²) in [5.74, 6) is 0. The maximum absolute atomic E-state index is 12.0. The van der Waals surface area contributed by atoms with E-state index in [-0.39, 0.29) is 5.56 Å². The van der Waals surface area contributed by atoms with Crippen LogP contribution in [0.3, 0.4) is 0 Å². The fourth-order valence-electron chi connectivity index (χ4n) is 1.76. The molecule has 2 rings (SSSR count). The van der Waals surface area contributed by atoms with Gasteiger partial charge in [-0.2, -0.15) is 5.10 Å². The number of allylic oxidation sites excluding steroid dienone is 1. The van der Waals surface area contributed by atoms with Crippen LogP contribution in [0.15, 0.2) is 40.3 Å². The maximum Gasteiger partial charge on any atom is 0.283 e. The molecule has 0 saturated heterocycles. The Labute approximate surface area is 119 Å². The van der Waals surface area contributed by atoms with Crippen molar-refractivity contribution in [2.75, 3.05) is 5.43 Å². The molecule has 0 aliphatic carbocycles. The molecule has 1 N–H and O–H groups in total. The molecule has 0 aliphatic rings. The van der Waals surface area contributed by atoms with Crippen molar-refractivity contribution in [3.8, 4) is 0 Å². The Morgan fingerprint density at radius 2 is 2.05 bits per heavy atom. The third kappa shape index (κ3) is 2.63. The number of nitrogens with zero attached hydrogens (tertiary/aromatic N) is 3. The molecule has 0 fully saturated rings. The highest BCUT2D eigenvalue weighted by Crippen LogP contribution is 2.18. The van der Waals surface area contributed by atoms with Crippen LogP contribution in [0.5, 0.6) is 0 Å². The lowest BCUT2D eigenvalue weighted by molar-refractivity contribution is 0.647. The molecule has 0 unspecified atom stereocenters. The topological polar surface area (TPSA) is 51.9 Å². The monoisotopic (exact) mass is 322 g/mol. The fourth-order valence-corrected chi connectivity index (χ4v) is 2.16. The van der Waals surface area contributed by atoms with E-state index in [2.05, 4.69) is 33.0 Å². The molecule has 0 aliphatic heterocycles. The van der Waals surface area contributed by atoms with Crippen molar-refractivity contribution in [3.63, 3.8) is 0 Å². The van der Waals surface area contributed by atoms with E-state index < -0.39 is 0 Å². The largest absolute Gasteiger partial charge is 0.291 e. The number of aromatic nitrogens is 3. The summed E-state index contributed by atoms with van der Waals surface area (Å²) in [6.07, 6.45) is 3.25. The van der Waals surface area contributed by atoms with Crippen LogP contribution in [-0.2, 0) is 6.54 Å². The van der Waals surface area contributed by atoms with Crippen molar-refractivity contribution >= 4 is 21.6 Å². The summed E-state index contributed by atoms with van der Waals surface area (Å²) in [4.78, 5) is 12.0. The van der Waals surface area contributed by atoms with Gasteiger partial charge in [0.05, 0.1) is 18.4 Å². The van der Waals surface area contributed by atoms with Crippen molar-refractivity contribution in [3.05, 3.63) is 57.2 Å². The molecule has 0 atom stereocenters. The Morgan fingerprint density at radius 1 is 1.42 bits per heavy atom. The van der Waals surface area contributed by atoms with Gasteiger partial charge in [0.1, 0.15) is 4.47 Å². The lowest BCUT2D eigenvalue weighted by Gasteiger charge is -2.14. The number of aryl methyl sites for hydroxylation is 2. The third-order valence-electron chi connectivity index (χ3n) is 2.79. The molecular formula is C13H15BrN4O. The number of rotatable bonds is 4. The van der Waals surface area contributed by atoms with Gasteiger partial charge in [-0.05, 0) is 41.9 Å². The molecule has 0 spiro atoms. The highest BCUT2D eigenvalue weighted by atomic mass is 79.9. The molecule has 19 heavy (non-hydrogen) atoms. The van der Waals surface area contributed by atoms with Crippen LogP contribution >= 0.6 is 15.9 Å². The Balaban J connectivity index is 2.40. The van der Waals surface area contributed by atoms with Gasteiger partial charge in [0.2, 0.25) is 0 Å². The molecule has 0 bridgehead atoms. The van der Waals surface area contributed by atoms with Crippen molar-refractivity contribution < 1.29 is 0 Å². The van der Waals surface area contributed by atoms with Crippen LogP contribution in [0.4, 0.5) is 5.69 Å². The third-order valence-corrected chi connectivity index (χ3v) is 3.56. The first-order chi connectivity index (χ1) is 9.04. The predicted octanol–water partition coefficient (Wildman–Crippen LogP) is 2.49. The van der Waals surface area contributed by atoms with Crippen LogP contribution < -0.4 is 11.0 Å². The summed E-state index contributed by atoms with van der Waals surface area (Å²) >= 11 is 3.31. The number of hydrogen-bond acceptors (Lipinski definition) is 3. The Hall–Kier alpha value is -1.82. The summed E-state index contributed by atoms with van der Waals surface area (Å²) in [6, 6.07) is 4.01. The van der Waals surface area contributed by atoms with Crippen molar-refractivity contribution in [1.82, 2.24) is 14.5 Å². The number of anilines is 1. The van der Waals surface area contributed by atoms with Gasteiger partial charge < -0.3 is 0 Å². The smallest absolute Gasteiger partial charge is 0.283 e. The minimum Gasteiger partial charge on any atom is -0.291 e. The highest BCUT2D eigenvalue weighted by Gasteiger charge is 2.09. The molecule has 0 aromatic carbocycles. The van der Waals surface area contributed by atoms with Gasteiger partial charge >= 0.3 is 0 Å². The second kappa shape index (κ2) is 5.44. The number of hydrogen-bond donors (Lipinski definition) is 1. The Morgan fingerprint density at radius 3 is 2.63 bits per heavy atom. The summed E-state index contributed by atoms with van der Waals surface area (Å²) < 4.78 is 3.70. The zero-order valence-corrected chi connectivity index (χ0v) is 12.4. The first-order valence-corrected chi connectivity index (χ1v) is 6.62. The first kappa shape index (κ1) is 13.6. The van der Waals surface area contributed by atoms with Crippen molar-refractivity contribution in [2.24, 2.45) is 0 Å². The van der Waals surface area contributed by atoms with E-state index in [1.807, 2.05) is 30.7 Å². The SMILES string of the molecule is C=CCn1ncc(Nn2c(C)ccc2C)c(Br)c1=O. The molecule has 2 aromatic rings. The van der Waals surface area contributed by atoms with E-state index in [9.17, 15) is 4.79 Å². The average molecular weight is 323 g/mol. The summed E-state index contributed by atoms with van der Waals surface area (Å²) in [6.45, 7) is 7.96. The number of halogens is 1. The Bertz CT molecular complexity index is 652. The highest BCUT2D eigenvalue weighted by molar-refractivity contribution is 9.10. The van der Waals surface area contributed by atoms with Gasteiger partial charge in [0.15, 0.2) is 0 Å². The molecule has 0 amide bonds. The molecular weight excluding hydrogens is 308 g/mol. The lowest BCUT2D eigenvalue weighted by Crippen LogP contribution is -2.25. The van der Waals surface area contributed by atoms with E-state index in [1.54, 1.807) is 12.3 Å². The van der Waals surface area contributed by atoms with Crippen LogP contribution in [0.25, 0.3) is 0 Å². The van der Waals surface area contributed by atoms with Crippen LogP contribution in [0.2, 0.25) is 0 Å². The lowest BCUT2D eigenvalue weighted by atomic mass is 10.4. The number of nitrogens with one attached hydrogen (secondary N) is 1. The van der Waals surface area contributed by atoms with E-state index in [4.69, 9.17) is 0 Å². The van der Waals surface area contributed by atoms with Gasteiger partial charge in [0, 0.05) is 11.4 Å². The van der Waals surface area contributed by atoms with Crippen LogP contribution in [-0.4, -0.2) is 14.5 Å². The molecule has 2 aromatic heterocycles. The van der Waals surface area contributed by atoms with Gasteiger partial charge in [0.25, 0.3) is 5.56 Å². The second-order valence-corrected chi connectivity index (χ2v) is 5.00. The summed E-state index contributed by atoms with van der Waals surface area (Å²) in [5.41, 5.74) is 5.72. The van der Waals surface area contributed by atoms with Gasteiger partial charge in [-0.25, -0.2) is 4.68 Å². The fraction of sp³-hybridized carbons (Fsp3) is 0.231. The standard InChI is InChI=1S/C13H15BrN4O/c1-4-7-17-13(19)12(14)11(8-15-17)16-18-9(2)5-6-10(18)3/h4-6,8,16H,1,7H2,2-3H3. The average Bonchev–Trinajstić information content (AvgIpc) is 2.70. The van der Waals surface area contributed by atoms with E-state index in [1.165, 1.54) is 4.68 Å². The first-order valence-electron chi connectivity index (χ1n) is 5.83. The van der Waals surface area contributed by atoms with Gasteiger partial charge in [-0.15, -0.1) is 6.58 Å². The predicted molar refractivity (Wildman–Crippen MR) is 79.3 cm³/mol. The molecule has 2 heterocycles. The van der Waals surface area contributed by atoms with E-state index in [0.29, 0.717) is 16.7 Å². The second-order valence-electron chi connectivity index (χ2n) is 4.21. The van der Waals surface area contributed by atoms with Crippen molar-refractivity contribution in [1.29, 1.82) is 0 Å². The van der Waals surface area contributed by atoms with Crippen LogP contribution in [0, 0.1) is 13.8 Å². The molecule has 100 valence electrons. The normalized spacial score (nSPS) is 10.5. The molecule has 6 heteroatoms. The molecule has 5 nitrogen and oxygen atoms in total. The van der Waals surface area contributed by atoms with Gasteiger partial charge in [-0.3, -0.25) is 14.9 Å². The quantitative estimate of drug-likeness (QED) is 0.880. The Kier molecular flexibility index (Phi) is 3.90.